The van der Waals surface area contributed by atoms with Gasteiger partial charge in [0, 0.05) is 45.0 Å². The maximum absolute atomic E-state index is 7.01. The SMILES string of the molecule is CC1(C)c2ccccc2-c2ccc(N(c3ccc4c(c3)Oc3ccccc3C43C4CC5CC(C4)CC3C5)c3ccccc3-c3ccccc3)cc21. The van der Waals surface area contributed by atoms with Gasteiger partial charge in [-0.05, 0) is 114 Å². The van der Waals surface area contributed by atoms with Crippen molar-refractivity contribution in [2.75, 3.05) is 4.90 Å². The molecule has 250 valence electrons. The first kappa shape index (κ1) is 29.6. The Labute approximate surface area is 301 Å². The fourth-order valence-electron chi connectivity index (χ4n) is 11.8. The largest absolute Gasteiger partial charge is 0.457 e. The summed E-state index contributed by atoms with van der Waals surface area (Å²) in [6, 6.07) is 52.0. The van der Waals surface area contributed by atoms with Gasteiger partial charge < -0.3 is 9.64 Å². The number of fused-ring (bicyclic) bond motifs is 5. The average molecular weight is 662 g/mol. The summed E-state index contributed by atoms with van der Waals surface area (Å²) >= 11 is 0. The molecule has 0 amide bonds. The summed E-state index contributed by atoms with van der Waals surface area (Å²) in [5.41, 5.74) is 14.1. The number of rotatable bonds is 4. The van der Waals surface area contributed by atoms with Gasteiger partial charge in [0.05, 0.1) is 5.69 Å². The minimum absolute atomic E-state index is 0.0340. The van der Waals surface area contributed by atoms with Crippen molar-refractivity contribution in [1.29, 1.82) is 0 Å². The summed E-state index contributed by atoms with van der Waals surface area (Å²) in [4.78, 5) is 2.48. The number of hydrogen-bond donors (Lipinski definition) is 0. The predicted octanol–water partition coefficient (Wildman–Crippen LogP) is 13.0. The Hall–Kier alpha value is -5.08. The van der Waals surface area contributed by atoms with E-state index in [0.717, 1.165) is 34.7 Å². The van der Waals surface area contributed by atoms with Crippen LogP contribution in [0.1, 0.15) is 68.2 Å². The van der Waals surface area contributed by atoms with Crippen molar-refractivity contribution in [1.82, 2.24) is 0 Å². The van der Waals surface area contributed by atoms with E-state index < -0.39 is 0 Å². The normalized spacial score (nSPS) is 25.5. The quantitative estimate of drug-likeness (QED) is 0.186. The monoisotopic (exact) mass is 661 g/mol. The molecule has 0 aromatic heterocycles. The summed E-state index contributed by atoms with van der Waals surface area (Å²) in [5, 5.41) is 0. The van der Waals surface area contributed by atoms with Gasteiger partial charge in [-0.2, -0.15) is 0 Å². The van der Waals surface area contributed by atoms with Gasteiger partial charge in [0.25, 0.3) is 0 Å². The van der Waals surface area contributed by atoms with Crippen LogP contribution in [0.25, 0.3) is 22.3 Å². The van der Waals surface area contributed by atoms with E-state index in [0.29, 0.717) is 11.8 Å². The van der Waals surface area contributed by atoms with Crippen LogP contribution in [-0.2, 0) is 10.8 Å². The number of nitrogens with zero attached hydrogens (tertiary/aromatic N) is 1. The number of para-hydroxylation sites is 2. The van der Waals surface area contributed by atoms with E-state index in [1.165, 1.54) is 82.3 Å². The molecular weight excluding hydrogens is 619 g/mol. The van der Waals surface area contributed by atoms with E-state index in [1.54, 1.807) is 0 Å². The zero-order valence-corrected chi connectivity index (χ0v) is 29.5. The fraction of sp³-hybridized carbons (Fsp3) is 0.265. The van der Waals surface area contributed by atoms with E-state index in [1.807, 2.05) is 0 Å². The van der Waals surface area contributed by atoms with Crippen LogP contribution in [0.3, 0.4) is 0 Å². The summed E-state index contributed by atoms with van der Waals surface area (Å²) in [5.74, 6) is 5.25. The van der Waals surface area contributed by atoms with Crippen molar-refractivity contribution in [2.45, 2.75) is 56.8 Å². The Morgan fingerprint density at radius 1 is 0.490 bits per heavy atom. The number of anilines is 3. The second kappa shape index (κ2) is 10.7. The maximum atomic E-state index is 7.01. The molecule has 6 aromatic carbocycles. The van der Waals surface area contributed by atoms with Crippen molar-refractivity contribution >= 4 is 17.1 Å². The Bertz CT molecular complexity index is 2320. The Morgan fingerprint density at radius 3 is 1.86 bits per heavy atom. The summed E-state index contributed by atoms with van der Waals surface area (Å²) in [7, 11) is 0. The van der Waals surface area contributed by atoms with Crippen molar-refractivity contribution in [3.63, 3.8) is 0 Å². The Balaban J connectivity index is 1.12. The minimum Gasteiger partial charge on any atom is -0.457 e. The van der Waals surface area contributed by atoms with Crippen LogP contribution in [0.5, 0.6) is 11.5 Å². The van der Waals surface area contributed by atoms with Gasteiger partial charge in [-0.1, -0.05) is 117 Å². The molecular formula is C49H43NO. The van der Waals surface area contributed by atoms with Crippen LogP contribution in [-0.4, -0.2) is 0 Å². The molecule has 1 heterocycles. The van der Waals surface area contributed by atoms with Crippen LogP contribution in [0, 0.1) is 23.7 Å². The molecule has 0 saturated heterocycles. The van der Waals surface area contributed by atoms with Gasteiger partial charge in [0.2, 0.25) is 0 Å². The summed E-state index contributed by atoms with van der Waals surface area (Å²) in [6.07, 6.45) is 6.86. The summed E-state index contributed by atoms with van der Waals surface area (Å²) in [6.45, 7) is 4.75. The van der Waals surface area contributed by atoms with Gasteiger partial charge in [0.1, 0.15) is 11.5 Å². The number of hydrogen-bond acceptors (Lipinski definition) is 2. The lowest BCUT2D eigenvalue weighted by atomic mass is 9.42. The third kappa shape index (κ3) is 4.11. The molecule has 2 nitrogen and oxygen atoms in total. The molecule has 6 aliphatic rings. The third-order valence-electron chi connectivity index (χ3n) is 13.7. The van der Waals surface area contributed by atoms with Gasteiger partial charge in [-0.15, -0.1) is 0 Å². The lowest BCUT2D eigenvalue weighted by Crippen LogP contribution is -2.56. The lowest BCUT2D eigenvalue weighted by molar-refractivity contribution is -0.0452. The molecule has 6 aromatic rings. The Morgan fingerprint density at radius 2 is 1.08 bits per heavy atom. The molecule has 1 spiro atoms. The van der Waals surface area contributed by atoms with Gasteiger partial charge in [-0.25, -0.2) is 0 Å². The van der Waals surface area contributed by atoms with Crippen molar-refractivity contribution in [3.05, 3.63) is 162 Å². The van der Waals surface area contributed by atoms with E-state index >= 15 is 0 Å². The molecule has 12 rings (SSSR count). The molecule has 4 fully saturated rings. The highest BCUT2D eigenvalue weighted by atomic mass is 16.5. The second-order valence-electron chi connectivity index (χ2n) is 16.6. The van der Waals surface area contributed by atoms with E-state index in [2.05, 4.69) is 158 Å². The van der Waals surface area contributed by atoms with E-state index in [-0.39, 0.29) is 10.8 Å². The van der Waals surface area contributed by atoms with Crippen molar-refractivity contribution in [2.24, 2.45) is 23.7 Å². The van der Waals surface area contributed by atoms with Crippen LogP contribution in [0.4, 0.5) is 17.1 Å². The molecule has 4 bridgehead atoms. The molecule has 1 aliphatic heterocycles. The fourth-order valence-corrected chi connectivity index (χ4v) is 11.8. The van der Waals surface area contributed by atoms with Crippen molar-refractivity contribution in [3.8, 4) is 33.8 Å². The lowest BCUT2D eigenvalue weighted by Gasteiger charge is -2.63. The van der Waals surface area contributed by atoms with Gasteiger partial charge in [-0.3, -0.25) is 0 Å². The number of ether oxygens (including phenoxy) is 1. The standard InChI is InChI=1S/C49H43NO/c1-48(2)41-16-8-6-15-39(41)40-22-20-36(29-44(40)48)50(45-18-10-7-14-38(45)33-12-4-3-5-13-33)37-21-23-43-47(30-37)51-46-19-11-9-17-42(46)49(43)34-25-31-24-32(27-34)28-35(49)26-31/h3-23,29-32,34-35H,24-28H2,1-2H3. The molecule has 51 heavy (non-hydrogen) atoms. The van der Waals surface area contributed by atoms with Crippen LogP contribution in [0.2, 0.25) is 0 Å². The molecule has 2 heteroatoms. The highest BCUT2D eigenvalue weighted by molar-refractivity contribution is 5.91. The van der Waals surface area contributed by atoms with E-state index in [4.69, 9.17) is 4.74 Å². The first-order valence-corrected chi connectivity index (χ1v) is 19.1. The van der Waals surface area contributed by atoms with Crippen molar-refractivity contribution < 1.29 is 4.74 Å². The van der Waals surface area contributed by atoms with Gasteiger partial charge >= 0.3 is 0 Å². The first-order chi connectivity index (χ1) is 25.0. The summed E-state index contributed by atoms with van der Waals surface area (Å²) < 4.78 is 7.01. The molecule has 0 unspecified atom stereocenters. The molecule has 0 radical (unpaired) electrons. The smallest absolute Gasteiger partial charge is 0.133 e. The topological polar surface area (TPSA) is 12.5 Å². The second-order valence-corrected chi connectivity index (χ2v) is 16.6. The van der Waals surface area contributed by atoms with Crippen LogP contribution < -0.4 is 9.64 Å². The van der Waals surface area contributed by atoms with Gasteiger partial charge in [0.15, 0.2) is 0 Å². The molecule has 0 N–H and O–H groups in total. The highest BCUT2D eigenvalue weighted by Crippen LogP contribution is 2.69. The predicted molar refractivity (Wildman–Crippen MR) is 208 cm³/mol. The average Bonchev–Trinajstić information content (AvgIpc) is 3.39. The van der Waals surface area contributed by atoms with Crippen LogP contribution >= 0.6 is 0 Å². The number of benzene rings is 6. The third-order valence-corrected chi connectivity index (χ3v) is 13.7. The zero-order chi connectivity index (χ0) is 33.9. The minimum atomic E-state index is -0.0962. The zero-order valence-electron chi connectivity index (χ0n) is 29.5. The molecule has 4 saturated carbocycles. The maximum Gasteiger partial charge on any atom is 0.133 e. The van der Waals surface area contributed by atoms with Crippen LogP contribution in [0.15, 0.2) is 140 Å². The Kier molecular flexibility index (Phi) is 6.23. The molecule has 5 aliphatic carbocycles. The molecule has 0 atom stereocenters. The highest BCUT2D eigenvalue weighted by Gasteiger charge is 2.61. The first-order valence-electron chi connectivity index (χ1n) is 19.1. The van der Waals surface area contributed by atoms with E-state index in [9.17, 15) is 0 Å².